The number of carbonyl (C=O) groups is 1. The van der Waals surface area contributed by atoms with Crippen molar-refractivity contribution in [3.8, 4) is 0 Å². The third-order valence-corrected chi connectivity index (χ3v) is 3.03. The second-order valence-electron chi connectivity index (χ2n) is 4.42. The second-order valence-corrected chi connectivity index (χ2v) is 4.42. The van der Waals surface area contributed by atoms with Gasteiger partial charge in [0.05, 0.1) is 17.9 Å². The van der Waals surface area contributed by atoms with E-state index in [1.165, 1.54) is 5.56 Å². The average molecular weight is 218 g/mol. The van der Waals surface area contributed by atoms with Crippen molar-refractivity contribution < 1.29 is 4.79 Å². The molecule has 0 fully saturated rings. The number of amides is 1. The Hall–Kier alpha value is -1.51. The van der Waals surface area contributed by atoms with E-state index in [4.69, 9.17) is 0 Å². The largest absolute Gasteiger partial charge is 0.374 e. The SMILES string of the molecule is CCN1C(=O)CNc2cc(C(C)C)ccc21. The lowest BCUT2D eigenvalue weighted by Gasteiger charge is -2.29. The average Bonchev–Trinajstić information content (AvgIpc) is 2.28. The molecule has 0 saturated heterocycles. The van der Waals surface area contributed by atoms with Gasteiger partial charge in [-0.05, 0) is 30.5 Å². The molecule has 0 bridgehead atoms. The van der Waals surface area contributed by atoms with Gasteiger partial charge in [-0.2, -0.15) is 0 Å². The van der Waals surface area contributed by atoms with E-state index in [0.29, 0.717) is 12.5 Å². The molecule has 1 N–H and O–H groups in total. The summed E-state index contributed by atoms with van der Waals surface area (Å²) in [5.74, 6) is 0.659. The summed E-state index contributed by atoms with van der Waals surface area (Å²) >= 11 is 0. The summed E-state index contributed by atoms with van der Waals surface area (Å²) in [5, 5.41) is 3.18. The number of hydrogen-bond acceptors (Lipinski definition) is 2. The van der Waals surface area contributed by atoms with E-state index in [0.717, 1.165) is 17.9 Å². The minimum Gasteiger partial charge on any atom is -0.374 e. The molecule has 2 rings (SSSR count). The number of likely N-dealkylation sites (N-methyl/N-ethyl adjacent to an activating group) is 1. The summed E-state index contributed by atoms with van der Waals surface area (Å²) in [4.78, 5) is 13.5. The van der Waals surface area contributed by atoms with Crippen LogP contribution in [-0.4, -0.2) is 19.0 Å². The van der Waals surface area contributed by atoms with Gasteiger partial charge in [-0.3, -0.25) is 4.79 Å². The van der Waals surface area contributed by atoms with Crippen LogP contribution >= 0.6 is 0 Å². The normalized spacial score (nSPS) is 15.0. The van der Waals surface area contributed by atoms with Crippen LogP contribution in [0.15, 0.2) is 18.2 Å². The summed E-state index contributed by atoms with van der Waals surface area (Å²) in [6, 6.07) is 6.29. The Morgan fingerprint density at radius 2 is 2.19 bits per heavy atom. The van der Waals surface area contributed by atoms with Crippen LogP contribution in [0, 0.1) is 0 Å². The van der Waals surface area contributed by atoms with Gasteiger partial charge in [0.15, 0.2) is 0 Å². The second kappa shape index (κ2) is 4.16. The first-order valence-corrected chi connectivity index (χ1v) is 5.81. The number of anilines is 2. The predicted molar refractivity (Wildman–Crippen MR) is 67.0 cm³/mol. The van der Waals surface area contributed by atoms with Crippen molar-refractivity contribution in [2.75, 3.05) is 23.3 Å². The minimum atomic E-state index is 0.146. The predicted octanol–water partition coefficient (Wildman–Crippen LogP) is 2.59. The van der Waals surface area contributed by atoms with Gasteiger partial charge in [0.2, 0.25) is 5.91 Å². The highest BCUT2D eigenvalue weighted by Gasteiger charge is 2.22. The fourth-order valence-corrected chi connectivity index (χ4v) is 2.04. The number of fused-ring (bicyclic) bond motifs is 1. The zero-order valence-corrected chi connectivity index (χ0v) is 10.1. The zero-order chi connectivity index (χ0) is 11.7. The molecule has 86 valence electrons. The number of benzene rings is 1. The molecule has 0 spiro atoms. The standard InChI is InChI=1S/C13H18N2O/c1-4-15-12-6-5-10(9(2)3)7-11(12)14-8-13(15)16/h5-7,9,14H,4,8H2,1-3H3. The van der Waals surface area contributed by atoms with Crippen molar-refractivity contribution in [1.29, 1.82) is 0 Å². The maximum atomic E-state index is 11.7. The van der Waals surface area contributed by atoms with Crippen LogP contribution in [-0.2, 0) is 4.79 Å². The first-order valence-electron chi connectivity index (χ1n) is 5.81. The third kappa shape index (κ3) is 1.77. The van der Waals surface area contributed by atoms with Gasteiger partial charge < -0.3 is 10.2 Å². The molecule has 3 nitrogen and oxygen atoms in total. The first kappa shape index (κ1) is 11.0. The highest BCUT2D eigenvalue weighted by molar-refractivity contribution is 6.02. The Morgan fingerprint density at radius 3 is 2.81 bits per heavy atom. The van der Waals surface area contributed by atoms with Crippen LogP contribution in [0.25, 0.3) is 0 Å². The number of carbonyl (C=O) groups excluding carboxylic acids is 1. The van der Waals surface area contributed by atoms with Crippen LogP contribution in [0.4, 0.5) is 11.4 Å². The molecule has 16 heavy (non-hydrogen) atoms. The van der Waals surface area contributed by atoms with Gasteiger partial charge in [-0.15, -0.1) is 0 Å². The molecule has 3 heteroatoms. The lowest BCUT2D eigenvalue weighted by atomic mass is 10.0. The van der Waals surface area contributed by atoms with E-state index in [-0.39, 0.29) is 5.91 Å². The summed E-state index contributed by atoms with van der Waals surface area (Å²) in [7, 11) is 0. The van der Waals surface area contributed by atoms with Gasteiger partial charge in [0.25, 0.3) is 0 Å². The monoisotopic (exact) mass is 218 g/mol. The minimum absolute atomic E-state index is 0.146. The summed E-state index contributed by atoms with van der Waals surface area (Å²) in [6.07, 6.45) is 0. The van der Waals surface area contributed by atoms with E-state index in [1.807, 2.05) is 17.9 Å². The Kier molecular flexibility index (Phi) is 2.86. The number of hydrogen-bond donors (Lipinski definition) is 1. The highest BCUT2D eigenvalue weighted by atomic mass is 16.2. The van der Waals surface area contributed by atoms with Gasteiger partial charge >= 0.3 is 0 Å². The van der Waals surface area contributed by atoms with Crippen molar-refractivity contribution in [2.45, 2.75) is 26.7 Å². The lowest BCUT2D eigenvalue weighted by molar-refractivity contribution is -0.117. The van der Waals surface area contributed by atoms with Crippen LogP contribution in [0.5, 0.6) is 0 Å². The molecule has 1 heterocycles. The van der Waals surface area contributed by atoms with E-state index in [9.17, 15) is 4.79 Å². The van der Waals surface area contributed by atoms with E-state index in [2.05, 4.69) is 31.3 Å². The molecular weight excluding hydrogens is 200 g/mol. The van der Waals surface area contributed by atoms with Crippen molar-refractivity contribution >= 4 is 17.3 Å². The maximum absolute atomic E-state index is 11.7. The molecule has 1 aromatic rings. The lowest BCUT2D eigenvalue weighted by Crippen LogP contribution is -2.39. The molecule has 1 aromatic carbocycles. The van der Waals surface area contributed by atoms with E-state index >= 15 is 0 Å². The van der Waals surface area contributed by atoms with Crippen LogP contribution in [0.1, 0.15) is 32.3 Å². The Morgan fingerprint density at radius 1 is 1.44 bits per heavy atom. The molecule has 0 aliphatic carbocycles. The van der Waals surface area contributed by atoms with Crippen molar-refractivity contribution in [2.24, 2.45) is 0 Å². The Bertz CT molecular complexity index is 412. The number of nitrogens with zero attached hydrogens (tertiary/aromatic N) is 1. The van der Waals surface area contributed by atoms with Gasteiger partial charge in [-0.25, -0.2) is 0 Å². The topological polar surface area (TPSA) is 32.3 Å². The van der Waals surface area contributed by atoms with E-state index < -0.39 is 0 Å². The fourth-order valence-electron chi connectivity index (χ4n) is 2.04. The molecule has 1 amide bonds. The number of nitrogens with one attached hydrogen (secondary N) is 1. The molecule has 0 atom stereocenters. The quantitative estimate of drug-likeness (QED) is 0.827. The molecule has 1 aliphatic heterocycles. The molecule has 0 aromatic heterocycles. The van der Waals surface area contributed by atoms with Crippen LogP contribution in [0.2, 0.25) is 0 Å². The fraction of sp³-hybridized carbons (Fsp3) is 0.462. The van der Waals surface area contributed by atoms with Crippen molar-refractivity contribution in [1.82, 2.24) is 0 Å². The zero-order valence-electron chi connectivity index (χ0n) is 10.1. The van der Waals surface area contributed by atoms with Gasteiger partial charge in [0, 0.05) is 6.54 Å². The van der Waals surface area contributed by atoms with Gasteiger partial charge in [-0.1, -0.05) is 19.9 Å². The van der Waals surface area contributed by atoms with E-state index in [1.54, 1.807) is 0 Å². The Labute approximate surface area is 96.5 Å². The first-order chi connectivity index (χ1) is 7.63. The van der Waals surface area contributed by atoms with Crippen LogP contribution < -0.4 is 10.2 Å². The van der Waals surface area contributed by atoms with Gasteiger partial charge in [0.1, 0.15) is 0 Å². The Balaban J connectivity index is 2.42. The smallest absolute Gasteiger partial charge is 0.246 e. The van der Waals surface area contributed by atoms with Crippen molar-refractivity contribution in [3.05, 3.63) is 23.8 Å². The maximum Gasteiger partial charge on any atom is 0.246 e. The number of rotatable bonds is 2. The third-order valence-electron chi connectivity index (χ3n) is 3.03. The molecule has 0 radical (unpaired) electrons. The molecule has 0 unspecified atom stereocenters. The highest BCUT2D eigenvalue weighted by Crippen LogP contribution is 2.32. The summed E-state index contributed by atoms with van der Waals surface area (Å²) in [6.45, 7) is 7.49. The summed E-state index contributed by atoms with van der Waals surface area (Å²) < 4.78 is 0. The van der Waals surface area contributed by atoms with Crippen LogP contribution in [0.3, 0.4) is 0 Å². The molecule has 1 aliphatic rings. The summed E-state index contributed by atoms with van der Waals surface area (Å²) in [5.41, 5.74) is 3.38. The van der Waals surface area contributed by atoms with Crippen molar-refractivity contribution in [3.63, 3.8) is 0 Å². The molecule has 0 saturated carbocycles. The molecular formula is C13H18N2O.